The number of carbonyl (C=O) groups is 1. The van der Waals surface area contributed by atoms with Crippen LogP contribution < -0.4 is 9.72 Å². The predicted octanol–water partition coefficient (Wildman–Crippen LogP) is 1.80. The number of nitrogens with zero attached hydrogens (tertiary/aromatic N) is 3. The van der Waals surface area contributed by atoms with E-state index < -0.39 is 0 Å². The Morgan fingerprint density at radius 1 is 1.23 bits per heavy atom. The summed E-state index contributed by atoms with van der Waals surface area (Å²) in [5.74, 6) is 0.774. The van der Waals surface area contributed by atoms with Crippen molar-refractivity contribution in [3.63, 3.8) is 0 Å². The first-order valence-electron chi connectivity index (χ1n) is 10.2. The summed E-state index contributed by atoms with van der Waals surface area (Å²) in [6, 6.07) is 13.9. The van der Waals surface area contributed by atoms with Crippen LogP contribution in [0.2, 0.25) is 0 Å². The number of likely N-dealkylation sites (tertiary alicyclic amines) is 1. The van der Waals surface area contributed by atoms with Crippen molar-refractivity contribution in [2.45, 2.75) is 25.6 Å². The number of aromatic nitrogens is 3. The van der Waals surface area contributed by atoms with Crippen LogP contribution >= 0.6 is 0 Å². The fraction of sp³-hybridized carbons (Fsp3) is 0.261. The van der Waals surface area contributed by atoms with Crippen molar-refractivity contribution in [3.05, 3.63) is 78.1 Å². The molecule has 5 rings (SSSR count). The highest BCUT2D eigenvalue weighted by atomic mass is 16.3. The first-order chi connectivity index (χ1) is 14.7. The lowest BCUT2D eigenvalue weighted by molar-refractivity contribution is -0.522. The van der Waals surface area contributed by atoms with E-state index in [4.69, 9.17) is 0 Å². The van der Waals surface area contributed by atoms with E-state index >= 15 is 0 Å². The molecule has 1 aromatic carbocycles. The standard InChI is InChI=1S/C23H23N5O2/c29-18-8-10-27(14-18)15-21-26-22(20-7-3-4-9-28(20)21)23(30)25-13-17-12-24-11-16-5-1-2-6-19(16)17/h1-7,9,11-12,18,29H,8,10,13-15H2,(H,25,30)/p+1. The molecule has 1 atom stereocenters. The number of amides is 1. The fourth-order valence-corrected chi connectivity index (χ4v) is 4.19. The number of aliphatic hydroxyl groups excluding tert-OH is 1. The summed E-state index contributed by atoms with van der Waals surface area (Å²) in [6.45, 7) is 2.57. The third-order valence-corrected chi connectivity index (χ3v) is 5.71. The summed E-state index contributed by atoms with van der Waals surface area (Å²) in [6.07, 6.45) is 6.11. The van der Waals surface area contributed by atoms with Crippen LogP contribution in [0.15, 0.2) is 61.1 Å². The van der Waals surface area contributed by atoms with E-state index in [-0.39, 0.29) is 12.0 Å². The Bertz CT molecular complexity index is 1210. The molecule has 7 nitrogen and oxygen atoms in total. The topological polar surface area (TPSA) is 85.3 Å². The van der Waals surface area contributed by atoms with Crippen LogP contribution in [0.5, 0.6) is 0 Å². The molecule has 1 unspecified atom stereocenters. The Balaban J connectivity index is 1.39. The second kappa shape index (κ2) is 7.85. The fourth-order valence-electron chi connectivity index (χ4n) is 4.19. The van der Waals surface area contributed by atoms with Crippen LogP contribution in [-0.4, -0.2) is 45.1 Å². The molecule has 0 spiro atoms. The number of fused-ring (bicyclic) bond motifs is 2. The van der Waals surface area contributed by atoms with Crippen LogP contribution in [0.3, 0.4) is 0 Å². The van der Waals surface area contributed by atoms with E-state index in [1.54, 1.807) is 6.20 Å². The molecular weight excluding hydrogens is 378 g/mol. The van der Waals surface area contributed by atoms with Gasteiger partial charge in [0.1, 0.15) is 6.54 Å². The van der Waals surface area contributed by atoms with Gasteiger partial charge in [-0.2, -0.15) is 4.40 Å². The van der Waals surface area contributed by atoms with Gasteiger partial charge in [-0.05, 0) is 29.5 Å². The van der Waals surface area contributed by atoms with Crippen LogP contribution in [0.25, 0.3) is 16.3 Å². The zero-order valence-electron chi connectivity index (χ0n) is 16.6. The second-order valence-electron chi connectivity index (χ2n) is 7.78. The van der Waals surface area contributed by atoms with Gasteiger partial charge < -0.3 is 10.4 Å². The lowest BCUT2D eigenvalue weighted by atomic mass is 10.1. The van der Waals surface area contributed by atoms with Crippen molar-refractivity contribution in [1.82, 2.24) is 20.2 Å². The number of imidazole rings is 1. The van der Waals surface area contributed by atoms with Gasteiger partial charge in [0.15, 0.2) is 5.52 Å². The zero-order valence-corrected chi connectivity index (χ0v) is 16.6. The molecule has 1 aliphatic heterocycles. The van der Waals surface area contributed by atoms with E-state index in [2.05, 4.69) is 20.2 Å². The van der Waals surface area contributed by atoms with Crippen LogP contribution in [0.1, 0.15) is 28.3 Å². The van der Waals surface area contributed by atoms with E-state index in [0.29, 0.717) is 25.3 Å². The number of aliphatic hydroxyl groups is 1. The maximum absolute atomic E-state index is 13.0. The number of nitrogens with one attached hydrogen (secondary N) is 2. The SMILES string of the molecule is O=C(NCc1cncc2ccccc12)c1[nH]c(CN2CCC(O)C2)[n+]2ccccc12. The van der Waals surface area contributed by atoms with Crippen LogP contribution in [0.4, 0.5) is 0 Å². The highest BCUT2D eigenvalue weighted by Crippen LogP contribution is 2.17. The van der Waals surface area contributed by atoms with Gasteiger partial charge in [-0.15, -0.1) is 0 Å². The summed E-state index contributed by atoms with van der Waals surface area (Å²) in [7, 11) is 0. The van der Waals surface area contributed by atoms with Crippen molar-refractivity contribution >= 4 is 22.2 Å². The van der Waals surface area contributed by atoms with Crippen molar-refractivity contribution in [2.24, 2.45) is 0 Å². The maximum atomic E-state index is 13.0. The molecule has 0 aliphatic carbocycles. The Morgan fingerprint density at radius 3 is 2.97 bits per heavy atom. The average molecular weight is 402 g/mol. The van der Waals surface area contributed by atoms with Crippen LogP contribution in [0, 0.1) is 0 Å². The van der Waals surface area contributed by atoms with Gasteiger partial charge in [0, 0.05) is 37.4 Å². The number of hydrogen-bond acceptors (Lipinski definition) is 4. The van der Waals surface area contributed by atoms with Crippen molar-refractivity contribution in [2.75, 3.05) is 13.1 Å². The van der Waals surface area contributed by atoms with Gasteiger partial charge in [-0.25, -0.2) is 4.98 Å². The summed E-state index contributed by atoms with van der Waals surface area (Å²) in [5.41, 5.74) is 2.36. The van der Waals surface area contributed by atoms with Gasteiger partial charge in [-0.3, -0.25) is 14.7 Å². The third-order valence-electron chi connectivity index (χ3n) is 5.71. The summed E-state index contributed by atoms with van der Waals surface area (Å²) >= 11 is 0. The second-order valence-corrected chi connectivity index (χ2v) is 7.78. The molecule has 0 saturated carbocycles. The summed E-state index contributed by atoms with van der Waals surface area (Å²) < 4.78 is 2.01. The smallest absolute Gasteiger partial charge is 0.295 e. The molecule has 152 valence electrons. The minimum absolute atomic E-state index is 0.153. The van der Waals surface area contributed by atoms with E-state index in [1.165, 1.54) is 0 Å². The number of hydrogen-bond donors (Lipinski definition) is 3. The molecule has 0 radical (unpaired) electrons. The number of aromatic amines is 1. The molecule has 4 aromatic rings. The minimum Gasteiger partial charge on any atom is -0.392 e. The van der Waals surface area contributed by atoms with Gasteiger partial charge in [-0.1, -0.05) is 30.3 Å². The molecule has 1 aliphatic rings. The molecule has 1 amide bonds. The monoisotopic (exact) mass is 402 g/mol. The zero-order chi connectivity index (χ0) is 20.5. The molecule has 1 saturated heterocycles. The van der Waals surface area contributed by atoms with Crippen molar-refractivity contribution in [1.29, 1.82) is 0 Å². The summed E-state index contributed by atoms with van der Waals surface area (Å²) in [5, 5.41) is 15.0. The van der Waals surface area contributed by atoms with Gasteiger partial charge in [0.25, 0.3) is 11.7 Å². The molecule has 1 fully saturated rings. The summed E-state index contributed by atoms with van der Waals surface area (Å²) in [4.78, 5) is 22.8. The molecule has 30 heavy (non-hydrogen) atoms. The normalized spacial score (nSPS) is 17.0. The van der Waals surface area contributed by atoms with Crippen molar-refractivity contribution in [3.8, 4) is 0 Å². The van der Waals surface area contributed by atoms with Gasteiger partial charge >= 0.3 is 0 Å². The first-order valence-corrected chi connectivity index (χ1v) is 10.2. The number of pyridine rings is 2. The Labute approximate surface area is 174 Å². The van der Waals surface area contributed by atoms with E-state index in [1.807, 2.05) is 59.3 Å². The number of H-pyrrole nitrogens is 1. The number of β-amino-alcohol motifs (C(OH)–C–C–N with tert-alkyl or cyclic N) is 1. The number of carbonyl (C=O) groups excluding carboxylic acids is 1. The minimum atomic E-state index is -0.270. The molecule has 4 heterocycles. The molecule has 3 N–H and O–H groups in total. The average Bonchev–Trinajstić information content (AvgIpc) is 3.36. The highest BCUT2D eigenvalue weighted by Gasteiger charge is 2.28. The predicted molar refractivity (Wildman–Crippen MR) is 113 cm³/mol. The van der Waals surface area contributed by atoms with E-state index in [9.17, 15) is 9.90 Å². The number of rotatable bonds is 5. The number of benzene rings is 1. The Kier molecular flexibility index (Phi) is 4.90. The molecular formula is C23H24N5O2+. The first kappa shape index (κ1) is 18.7. The van der Waals surface area contributed by atoms with E-state index in [0.717, 1.165) is 40.6 Å². The van der Waals surface area contributed by atoms with Crippen molar-refractivity contribution < 1.29 is 14.3 Å². The van der Waals surface area contributed by atoms with Crippen LogP contribution in [-0.2, 0) is 13.1 Å². The quantitative estimate of drug-likeness (QED) is 0.445. The Hall–Kier alpha value is -3.29. The molecule has 7 heteroatoms. The largest absolute Gasteiger partial charge is 0.392 e. The lowest BCUT2D eigenvalue weighted by Crippen LogP contribution is -2.31. The Morgan fingerprint density at radius 2 is 2.10 bits per heavy atom. The highest BCUT2D eigenvalue weighted by molar-refractivity contribution is 5.98. The third kappa shape index (κ3) is 3.53. The van der Waals surface area contributed by atoms with Gasteiger partial charge in [0.05, 0.1) is 12.3 Å². The lowest BCUT2D eigenvalue weighted by Gasteiger charge is -2.10. The van der Waals surface area contributed by atoms with Gasteiger partial charge in [0.2, 0.25) is 5.69 Å². The maximum Gasteiger partial charge on any atom is 0.295 e. The molecule has 0 bridgehead atoms. The molecule has 3 aromatic heterocycles.